The Morgan fingerprint density at radius 1 is 0.938 bits per heavy atom. The molecule has 2 aliphatic rings. The second-order valence-corrected chi connectivity index (χ2v) is 10.5. The zero-order chi connectivity index (χ0) is 22.3. The lowest BCUT2D eigenvalue weighted by atomic mass is 10.2. The maximum atomic E-state index is 13.1. The van der Waals surface area contributed by atoms with Crippen LogP contribution in [-0.2, 0) is 16.4 Å². The summed E-state index contributed by atoms with van der Waals surface area (Å²) < 4.78 is 33.4. The molecule has 1 fully saturated rings. The number of benzene rings is 2. The van der Waals surface area contributed by atoms with Gasteiger partial charge in [0.25, 0.3) is 5.91 Å². The van der Waals surface area contributed by atoms with Crippen molar-refractivity contribution in [3.8, 4) is 11.3 Å². The Morgan fingerprint density at radius 2 is 1.72 bits per heavy atom. The number of anilines is 1. The third kappa shape index (κ3) is 3.74. The third-order valence-corrected chi connectivity index (χ3v) is 8.32. The van der Waals surface area contributed by atoms with Gasteiger partial charge in [0.15, 0.2) is 5.76 Å². The molecular formula is C24H23ClN2O4S. The first-order valence-electron chi connectivity index (χ1n) is 10.7. The van der Waals surface area contributed by atoms with Crippen molar-refractivity contribution in [2.75, 3.05) is 24.5 Å². The average molecular weight is 471 g/mol. The van der Waals surface area contributed by atoms with E-state index in [1.54, 1.807) is 45.6 Å². The number of carbonyl (C=O) groups is 1. The molecule has 1 amide bonds. The van der Waals surface area contributed by atoms with E-state index in [0.29, 0.717) is 41.7 Å². The van der Waals surface area contributed by atoms with Crippen molar-refractivity contribution in [3.05, 3.63) is 70.9 Å². The number of fused-ring (bicyclic) bond motifs is 1. The van der Waals surface area contributed by atoms with E-state index >= 15 is 0 Å². The number of hydrogen-bond acceptors (Lipinski definition) is 4. The van der Waals surface area contributed by atoms with Crippen LogP contribution in [-0.4, -0.2) is 38.3 Å². The first-order valence-corrected chi connectivity index (χ1v) is 12.6. The van der Waals surface area contributed by atoms with Crippen LogP contribution >= 0.6 is 11.6 Å². The van der Waals surface area contributed by atoms with E-state index in [1.165, 1.54) is 0 Å². The first kappa shape index (κ1) is 21.2. The fourth-order valence-electron chi connectivity index (χ4n) is 4.40. The molecule has 1 aromatic heterocycles. The molecular weight excluding hydrogens is 448 g/mol. The smallest absolute Gasteiger partial charge is 0.294 e. The van der Waals surface area contributed by atoms with Crippen LogP contribution in [0.1, 0.15) is 35.4 Å². The van der Waals surface area contributed by atoms with E-state index in [9.17, 15) is 13.2 Å². The van der Waals surface area contributed by atoms with Crippen LogP contribution in [0.15, 0.2) is 63.9 Å². The largest absolute Gasteiger partial charge is 0.451 e. The molecule has 1 saturated heterocycles. The van der Waals surface area contributed by atoms with Crippen molar-refractivity contribution < 1.29 is 17.6 Å². The minimum Gasteiger partial charge on any atom is -0.451 e. The quantitative estimate of drug-likeness (QED) is 0.539. The number of halogens is 1. The molecule has 0 aliphatic carbocycles. The van der Waals surface area contributed by atoms with Gasteiger partial charge in [-0.2, -0.15) is 4.31 Å². The maximum Gasteiger partial charge on any atom is 0.294 e. The Hall–Kier alpha value is -2.61. The lowest BCUT2D eigenvalue weighted by Gasteiger charge is -2.26. The summed E-state index contributed by atoms with van der Waals surface area (Å²) in [5.41, 5.74) is 2.31. The van der Waals surface area contributed by atoms with Gasteiger partial charge in [0, 0.05) is 30.9 Å². The van der Waals surface area contributed by atoms with Gasteiger partial charge < -0.3 is 9.32 Å². The summed E-state index contributed by atoms with van der Waals surface area (Å²) in [5, 5.41) is 0.551. The van der Waals surface area contributed by atoms with Crippen molar-refractivity contribution >= 4 is 33.2 Å². The van der Waals surface area contributed by atoms with E-state index in [4.69, 9.17) is 16.0 Å². The summed E-state index contributed by atoms with van der Waals surface area (Å²) in [7, 11) is -3.51. The maximum absolute atomic E-state index is 13.1. The van der Waals surface area contributed by atoms with Gasteiger partial charge in [-0.05, 0) is 67.3 Å². The molecule has 8 heteroatoms. The summed E-state index contributed by atoms with van der Waals surface area (Å²) in [6.07, 6.45) is 3.46. The Balaban J connectivity index is 1.39. The number of nitrogens with zero attached hydrogens (tertiary/aromatic N) is 2. The highest BCUT2D eigenvalue weighted by Crippen LogP contribution is 2.34. The number of piperidine rings is 1. The van der Waals surface area contributed by atoms with Gasteiger partial charge in [-0.25, -0.2) is 8.42 Å². The van der Waals surface area contributed by atoms with Crippen molar-refractivity contribution in [1.29, 1.82) is 0 Å². The van der Waals surface area contributed by atoms with E-state index in [2.05, 4.69) is 0 Å². The number of rotatable bonds is 4. The van der Waals surface area contributed by atoms with Crippen LogP contribution in [0.5, 0.6) is 0 Å². The molecule has 5 rings (SSSR count). The third-order valence-electron chi connectivity index (χ3n) is 6.10. The second-order valence-electron chi connectivity index (χ2n) is 8.11. The van der Waals surface area contributed by atoms with E-state index in [0.717, 1.165) is 36.1 Å². The SMILES string of the molecule is O=C(c1ccc(-c2ccccc2Cl)o1)N1CCc2cc(S(=O)(=O)N3CCCCC3)ccc21. The van der Waals surface area contributed by atoms with Crippen LogP contribution in [0, 0.1) is 0 Å². The normalized spacial score (nSPS) is 16.8. The van der Waals surface area contributed by atoms with Crippen molar-refractivity contribution in [3.63, 3.8) is 0 Å². The van der Waals surface area contributed by atoms with E-state index in [1.807, 2.05) is 18.2 Å². The van der Waals surface area contributed by atoms with Crippen LogP contribution in [0.25, 0.3) is 11.3 Å². The Bertz CT molecular complexity index is 1280. The standard InChI is InChI=1S/C24H23ClN2O4S/c25-20-7-3-2-6-19(20)22-10-11-23(31-22)24(28)27-15-12-17-16-18(8-9-21(17)27)32(29,30)26-13-4-1-5-14-26/h2-3,6-11,16H,1,4-5,12-15H2. The predicted octanol–water partition coefficient (Wildman–Crippen LogP) is 4.98. The molecule has 2 aliphatic heterocycles. The van der Waals surface area contributed by atoms with Gasteiger partial charge in [-0.3, -0.25) is 4.79 Å². The van der Waals surface area contributed by atoms with Gasteiger partial charge >= 0.3 is 0 Å². The van der Waals surface area contributed by atoms with Gasteiger partial charge in [-0.1, -0.05) is 30.2 Å². The molecule has 3 heterocycles. The Morgan fingerprint density at radius 3 is 2.50 bits per heavy atom. The monoisotopic (exact) mass is 470 g/mol. The Kier molecular flexibility index (Phi) is 5.57. The molecule has 0 N–H and O–H groups in total. The second kappa shape index (κ2) is 8.39. The van der Waals surface area contributed by atoms with E-state index in [-0.39, 0.29) is 11.7 Å². The molecule has 32 heavy (non-hydrogen) atoms. The summed E-state index contributed by atoms with van der Waals surface area (Å²) in [4.78, 5) is 15.1. The van der Waals surface area contributed by atoms with Crippen LogP contribution in [0.4, 0.5) is 5.69 Å². The minimum absolute atomic E-state index is 0.220. The number of hydrogen-bond donors (Lipinski definition) is 0. The lowest BCUT2D eigenvalue weighted by Crippen LogP contribution is -2.35. The summed E-state index contributed by atoms with van der Waals surface area (Å²) in [6.45, 7) is 1.61. The van der Waals surface area contributed by atoms with Crippen LogP contribution in [0.2, 0.25) is 5.02 Å². The van der Waals surface area contributed by atoms with Gasteiger partial charge in [0.05, 0.1) is 9.92 Å². The van der Waals surface area contributed by atoms with Gasteiger partial charge in [0.2, 0.25) is 10.0 Å². The number of furan rings is 1. The van der Waals surface area contributed by atoms with Crippen molar-refractivity contribution in [2.24, 2.45) is 0 Å². The zero-order valence-electron chi connectivity index (χ0n) is 17.5. The molecule has 0 bridgehead atoms. The lowest BCUT2D eigenvalue weighted by molar-refractivity contribution is 0.0963. The molecule has 0 unspecified atom stereocenters. The number of amides is 1. The number of sulfonamides is 1. The van der Waals surface area contributed by atoms with Crippen LogP contribution in [0.3, 0.4) is 0 Å². The fraction of sp³-hybridized carbons (Fsp3) is 0.292. The predicted molar refractivity (Wildman–Crippen MR) is 124 cm³/mol. The molecule has 0 saturated carbocycles. The topological polar surface area (TPSA) is 70.8 Å². The Labute approximate surface area is 192 Å². The molecule has 0 radical (unpaired) electrons. The zero-order valence-corrected chi connectivity index (χ0v) is 19.0. The van der Waals surface area contributed by atoms with Crippen LogP contribution < -0.4 is 4.90 Å². The highest BCUT2D eigenvalue weighted by Gasteiger charge is 2.31. The molecule has 3 aromatic rings. The molecule has 0 spiro atoms. The summed E-state index contributed by atoms with van der Waals surface area (Å²) in [6, 6.07) is 15.7. The van der Waals surface area contributed by atoms with E-state index < -0.39 is 10.0 Å². The molecule has 0 atom stereocenters. The average Bonchev–Trinajstić information content (AvgIpc) is 3.47. The van der Waals surface area contributed by atoms with Crippen molar-refractivity contribution in [1.82, 2.24) is 4.31 Å². The summed E-state index contributed by atoms with van der Waals surface area (Å²) >= 11 is 6.24. The molecule has 166 valence electrons. The van der Waals surface area contributed by atoms with Crippen molar-refractivity contribution in [2.45, 2.75) is 30.6 Å². The number of carbonyl (C=O) groups excluding carboxylic acids is 1. The minimum atomic E-state index is -3.51. The first-order chi connectivity index (χ1) is 15.4. The molecule has 6 nitrogen and oxygen atoms in total. The highest BCUT2D eigenvalue weighted by molar-refractivity contribution is 7.89. The summed E-state index contributed by atoms with van der Waals surface area (Å²) in [5.74, 6) is 0.493. The van der Waals surface area contributed by atoms with Gasteiger partial charge in [-0.15, -0.1) is 0 Å². The molecule has 2 aromatic carbocycles. The van der Waals surface area contributed by atoms with Gasteiger partial charge in [0.1, 0.15) is 5.76 Å². The highest BCUT2D eigenvalue weighted by atomic mass is 35.5. The fourth-order valence-corrected chi connectivity index (χ4v) is 6.19.